The summed E-state index contributed by atoms with van der Waals surface area (Å²) in [5.41, 5.74) is 3.12. The molecule has 5 rings (SSSR count). The Bertz CT molecular complexity index is 1070. The smallest absolute Gasteiger partial charge is 0.247 e. The zero-order valence-electron chi connectivity index (χ0n) is 19.4. The van der Waals surface area contributed by atoms with E-state index in [0.29, 0.717) is 12.0 Å². The first-order valence-electron chi connectivity index (χ1n) is 11.5. The summed E-state index contributed by atoms with van der Waals surface area (Å²) >= 11 is 0. The van der Waals surface area contributed by atoms with Crippen molar-refractivity contribution in [1.82, 2.24) is 24.6 Å². The van der Waals surface area contributed by atoms with Crippen LogP contribution >= 0.6 is 0 Å². The molecule has 2 aromatic heterocycles. The van der Waals surface area contributed by atoms with Gasteiger partial charge in [-0.15, -0.1) is 5.10 Å². The molecule has 2 aliphatic rings. The average Bonchev–Trinajstić information content (AvgIpc) is 3.25. The molecule has 0 bridgehead atoms. The highest BCUT2D eigenvalue weighted by Crippen LogP contribution is 2.35. The number of benzene rings is 1. The van der Waals surface area contributed by atoms with Crippen molar-refractivity contribution < 1.29 is 9.47 Å². The molecule has 2 aliphatic heterocycles. The van der Waals surface area contributed by atoms with Crippen molar-refractivity contribution in [1.29, 1.82) is 0 Å². The predicted molar refractivity (Wildman–Crippen MR) is 128 cm³/mol. The van der Waals surface area contributed by atoms with E-state index in [1.54, 1.807) is 17.2 Å². The van der Waals surface area contributed by atoms with Crippen LogP contribution in [0.4, 0.5) is 17.3 Å². The Morgan fingerprint density at radius 1 is 1.09 bits per heavy atom. The van der Waals surface area contributed by atoms with E-state index in [9.17, 15) is 0 Å². The second-order valence-corrected chi connectivity index (χ2v) is 8.82. The summed E-state index contributed by atoms with van der Waals surface area (Å²) < 4.78 is 13.2. The number of hydrogen-bond acceptors (Lipinski definition) is 8. The lowest BCUT2D eigenvalue weighted by atomic mass is 10.1. The molecule has 0 unspecified atom stereocenters. The van der Waals surface area contributed by atoms with E-state index in [1.165, 1.54) is 0 Å². The fourth-order valence-electron chi connectivity index (χ4n) is 4.18. The van der Waals surface area contributed by atoms with Crippen molar-refractivity contribution >= 4 is 17.3 Å². The van der Waals surface area contributed by atoms with E-state index in [-0.39, 0.29) is 6.10 Å². The van der Waals surface area contributed by atoms with Crippen molar-refractivity contribution in [3.8, 4) is 11.6 Å². The Balaban J connectivity index is 1.38. The maximum Gasteiger partial charge on any atom is 0.247 e. The molecule has 2 saturated heterocycles. The van der Waals surface area contributed by atoms with E-state index in [4.69, 9.17) is 9.47 Å². The minimum atomic E-state index is 0.0868. The lowest BCUT2D eigenvalue weighted by Gasteiger charge is -2.43. The molecule has 0 spiro atoms. The first-order chi connectivity index (χ1) is 16.1. The Hall–Kier alpha value is -3.17. The lowest BCUT2D eigenvalue weighted by molar-refractivity contribution is -0.0660. The molecule has 0 radical (unpaired) electrons. The Kier molecular flexibility index (Phi) is 6.15. The Labute approximate surface area is 194 Å². The van der Waals surface area contributed by atoms with Crippen molar-refractivity contribution in [2.75, 3.05) is 49.6 Å². The molecule has 1 aromatic carbocycles. The summed E-state index contributed by atoms with van der Waals surface area (Å²) in [6, 6.07) is 10.6. The number of pyridine rings is 1. The van der Waals surface area contributed by atoms with Gasteiger partial charge in [-0.1, -0.05) is 6.07 Å². The largest absolute Gasteiger partial charge is 0.491 e. The van der Waals surface area contributed by atoms with Crippen LogP contribution in [-0.2, 0) is 4.74 Å². The van der Waals surface area contributed by atoms with Crippen LogP contribution in [0.3, 0.4) is 0 Å². The molecule has 33 heavy (non-hydrogen) atoms. The average molecular weight is 450 g/mol. The first-order valence-corrected chi connectivity index (χ1v) is 11.5. The van der Waals surface area contributed by atoms with Crippen LogP contribution in [0.2, 0.25) is 0 Å². The number of rotatable bonds is 7. The number of nitrogens with one attached hydrogen (secondary N) is 1. The maximum atomic E-state index is 6.17. The van der Waals surface area contributed by atoms with Gasteiger partial charge in [0.15, 0.2) is 5.82 Å². The number of anilines is 3. The van der Waals surface area contributed by atoms with E-state index >= 15 is 0 Å². The molecule has 9 heteroatoms. The molecule has 1 N–H and O–H groups in total. The second kappa shape index (κ2) is 9.36. The van der Waals surface area contributed by atoms with E-state index in [0.717, 1.165) is 67.9 Å². The van der Waals surface area contributed by atoms with Gasteiger partial charge in [0.2, 0.25) is 5.95 Å². The van der Waals surface area contributed by atoms with Gasteiger partial charge in [0.05, 0.1) is 25.4 Å². The van der Waals surface area contributed by atoms with Gasteiger partial charge in [0, 0.05) is 55.4 Å². The SMILES string of the molecule is Cc1c(Nc2ncn(-c3ccccn3)n2)cc(N2CCN(C3COC3)CC2)cc1OC(C)C. The molecular weight excluding hydrogens is 418 g/mol. The van der Waals surface area contributed by atoms with Crippen molar-refractivity contribution in [2.45, 2.75) is 32.9 Å². The summed E-state index contributed by atoms with van der Waals surface area (Å²) in [6.45, 7) is 11.9. The van der Waals surface area contributed by atoms with Crippen LogP contribution in [0.15, 0.2) is 42.9 Å². The fourth-order valence-corrected chi connectivity index (χ4v) is 4.18. The van der Waals surface area contributed by atoms with Crippen LogP contribution in [0.5, 0.6) is 5.75 Å². The standard InChI is InChI=1S/C24H31N7O2/c1-17(2)33-22-13-19(29-8-10-30(11-9-29)20-14-32-15-20)12-21(18(22)3)27-24-26-16-31(28-24)23-6-4-5-7-25-23/h4-7,12-13,16-17,20H,8-11,14-15H2,1-3H3,(H,27,28). The summed E-state index contributed by atoms with van der Waals surface area (Å²) in [5.74, 6) is 2.12. The number of hydrogen-bond donors (Lipinski definition) is 1. The molecule has 3 aromatic rings. The number of ether oxygens (including phenoxy) is 2. The van der Waals surface area contributed by atoms with Crippen LogP contribution in [0.1, 0.15) is 19.4 Å². The highest BCUT2D eigenvalue weighted by molar-refractivity contribution is 5.70. The molecule has 2 fully saturated rings. The monoisotopic (exact) mass is 449 g/mol. The predicted octanol–water partition coefficient (Wildman–Crippen LogP) is 3.02. The minimum absolute atomic E-state index is 0.0868. The van der Waals surface area contributed by atoms with Gasteiger partial charge in [-0.3, -0.25) is 4.90 Å². The van der Waals surface area contributed by atoms with Gasteiger partial charge in [-0.25, -0.2) is 9.67 Å². The van der Waals surface area contributed by atoms with Gasteiger partial charge in [-0.2, -0.15) is 4.98 Å². The van der Waals surface area contributed by atoms with Crippen LogP contribution in [0.25, 0.3) is 5.82 Å². The van der Waals surface area contributed by atoms with E-state index in [2.05, 4.69) is 63.1 Å². The van der Waals surface area contributed by atoms with Crippen LogP contribution in [0, 0.1) is 6.92 Å². The third kappa shape index (κ3) is 4.79. The van der Waals surface area contributed by atoms with E-state index < -0.39 is 0 Å². The topological polar surface area (TPSA) is 80.6 Å². The third-order valence-corrected chi connectivity index (χ3v) is 6.15. The Morgan fingerprint density at radius 3 is 2.58 bits per heavy atom. The number of nitrogens with zero attached hydrogens (tertiary/aromatic N) is 6. The Morgan fingerprint density at radius 2 is 1.91 bits per heavy atom. The van der Waals surface area contributed by atoms with E-state index in [1.807, 2.05) is 18.2 Å². The highest BCUT2D eigenvalue weighted by Gasteiger charge is 2.29. The van der Waals surface area contributed by atoms with Gasteiger partial charge < -0.3 is 19.7 Å². The molecule has 174 valence electrons. The van der Waals surface area contributed by atoms with Gasteiger partial charge in [0.1, 0.15) is 12.1 Å². The molecular formula is C24H31N7O2. The number of aromatic nitrogens is 4. The molecule has 4 heterocycles. The van der Waals surface area contributed by atoms with Crippen LogP contribution < -0.4 is 15.0 Å². The molecule has 0 amide bonds. The second-order valence-electron chi connectivity index (χ2n) is 8.82. The third-order valence-electron chi connectivity index (χ3n) is 6.15. The molecule has 0 aliphatic carbocycles. The van der Waals surface area contributed by atoms with Crippen molar-refractivity contribution in [3.63, 3.8) is 0 Å². The summed E-state index contributed by atoms with van der Waals surface area (Å²) in [5, 5.41) is 7.95. The van der Waals surface area contributed by atoms with Crippen molar-refractivity contribution in [2.24, 2.45) is 0 Å². The normalized spacial score (nSPS) is 17.3. The zero-order valence-corrected chi connectivity index (χ0v) is 19.4. The quantitative estimate of drug-likeness (QED) is 0.590. The minimum Gasteiger partial charge on any atom is -0.491 e. The highest BCUT2D eigenvalue weighted by atomic mass is 16.5. The number of piperazine rings is 1. The summed E-state index contributed by atoms with van der Waals surface area (Å²) in [6.07, 6.45) is 3.49. The molecule has 0 atom stereocenters. The maximum absolute atomic E-state index is 6.17. The van der Waals surface area contributed by atoms with Gasteiger partial charge in [0.25, 0.3) is 0 Å². The lowest BCUT2D eigenvalue weighted by Crippen LogP contribution is -2.56. The van der Waals surface area contributed by atoms with Crippen LogP contribution in [-0.4, -0.2) is 76.2 Å². The summed E-state index contributed by atoms with van der Waals surface area (Å²) in [4.78, 5) is 13.7. The zero-order chi connectivity index (χ0) is 22.8. The fraction of sp³-hybridized carbons (Fsp3) is 0.458. The van der Waals surface area contributed by atoms with Gasteiger partial charge in [-0.05, 0) is 39.0 Å². The molecule has 9 nitrogen and oxygen atoms in total. The van der Waals surface area contributed by atoms with Crippen molar-refractivity contribution in [3.05, 3.63) is 48.4 Å². The first kappa shape index (κ1) is 21.7. The molecule has 0 saturated carbocycles. The van der Waals surface area contributed by atoms with Gasteiger partial charge >= 0.3 is 0 Å². The summed E-state index contributed by atoms with van der Waals surface area (Å²) in [7, 11) is 0.